The van der Waals surface area contributed by atoms with Crippen LogP contribution in [0, 0.1) is 24.1 Å². The maximum absolute atomic E-state index is 14.5. The van der Waals surface area contributed by atoms with Crippen molar-refractivity contribution < 1.29 is 4.39 Å². The molecule has 2 heterocycles. The molecular weight excluding hydrogens is 325 g/mol. The minimum absolute atomic E-state index is 0.358. The summed E-state index contributed by atoms with van der Waals surface area (Å²) in [4.78, 5) is 8.78. The zero-order valence-electron chi connectivity index (χ0n) is 14.1. The highest BCUT2D eigenvalue weighted by molar-refractivity contribution is 5.93. The zero-order valence-corrected chi connectivity index (χ0v) is 14.1. The lowest BCUT2D eigenvalue weighted by molar-refractivity contribution is 0.631. The summed E-state index contributed by atoms with van der Waals surface area (Å²) in [5.74, 6) is -0.358. The van der Waals surface area contributed by atoms with Gasteiger partial charge >= 0.3 is 0 Å². The van der Waals surface area contributed by atoms with Gasteiger partial charge in [0.15, 0.2) is 5.65 Å². The van der Waals surface area contributed by atoms with Crippen LogP contribution in [0.5, 0.6) is 0 Å². The number of hydrogen-bond acceptors (Lipinski definition) is 3. The number of nitrogens with zero attached hydrogens (tertiary/aromatic N) is 3. The minimum atomic E-state index is -0.358. The third-order valence-electron chi connectivity index (χ3n) is 4.36. The number of benzene rings is 2. The SMILES string of the molecule is Cc1ccc2c(-c3ccc(F)c(-c4ccccc4C#N)c3)ccnc2n1. The van der Waals surface area contributed by atoms with Gasteiger partial charge in [-0.1, -0.05) is 24.3 Å². The summed E-state index contributed by atoms with van der Waals surface area (Å²) >= 11 is 0. The summed E-state index contributed by atoms with van der Waals surface area (Å²) in [6.07, 6.45) is 1.70. The molecule has 0 unspecified atom stereocenters. The molecule has 0 saturated carbocycles. The van der Waals surface area contributed by atoms with Crippen molar-refractivity contribution >= 4 is 11.0 Å². The van der Waals surface area contributed by atoms with Crippen LogP contribution in [0.15, 0.2) is 66.9 Å². The van der Waals surface area contributed by atoms with E-state index in [1.807, 2.05) is 25.1 Å². The predicted octanol–water partition coefficient (Wildman–Crippen LogP) is 5.28. The Labute approximate surface area is 150 Å². The third-order valence-corrected chi connectivity index (χ3v) is 4.36. The molecule has 0 amide bonds. The minimum Gasteiger partial charge on any atom is -0.237 e. The van der Waals surface area contributed by atoms with Gasteiger partial charge in [0, 0.05) is 28.4 Å². The summed E-state index contributed by atoms with van der Waals surface area (Å²) in [6, 6.07) is 19.9. The van der Waals surface area contributed by atoms with Gasteiger partial charge in [-0.2, -0.15) is 5.26 Å². The van der Waals surface area contributed by atoms with Gasteiger partial charge in [-0.25, -0.2) is 14.4 Å². The Morgan fingerprint density at radius 2 is 1.77 bits per heavy atom. The zero-order chi connectivity index (χ0) is 18.1. The van der Waals surface area contributed by atoms with E-state index in [0.717, 1.165) is 22.2 Å². The molecule has 0 atom stereocenters. The summed E-state index contributed by atoms with van der Waals surface area (Å²) in [7, 11) is 0. The molecule has 26 heavy (non-hydrogen) atoms. The van der Waals surface area contributed by atoms with E-state index in [4.69, 9.17) is 0 Å². The highest BCUT2D eigenvalue weighted by atomic mass is 19.1. The fourth-order valence-corrected chi connectivity index (χ4v) is 3.09. The van der Waals surface area contributed by atoms with Crippen molar-refractivity contribution in [3.8, 4) is 28.3 Å². The molecule has 2 aromatic heterocycles. The molecule has 0 bridgehead atoms. The van der Waals surface area contributed by atoms with Gasteiger partial charge in [-0.3, -0.25) is 0 Å². The molecule has 4 heteroatoms. The predicted molar refractivity (Wildman–Crippen MR) is 99.8 cm³/mol. The monoisotopic (exact) mass is 339 g/mol. The summed E-state index contributed by atoms with van der Waals surface area (Å²) in [6.45, 7) is 1.92. The second-order valence-electron chi connectivity index (χ2n) is 6.03. The van der Waals surface area contributed by atoms with Gasteiger partial charge < -0.3 is 0 Å². The lowest BCUT2D eigenvalue weighted by Crippen LogP contribution is -1.92. The first kappa shape index (κ1) is 15.9. The summed E-state index contributed by atoms with van der Waals surface area (Å²) in [5, 5.41) is 10.2. The maximum atomic E-state index is 14.5. The number of halogens is 1. The number of aryl methyl sites for hydroxylation is 1. The fraction of sp³-hybridized carbons (Fsp3) is 0.0455. The van der Waals surface area contributed by atoms with E-state index in [-0.39, 0.29) is 5.82 Å². The number of fused-ring (bicyclic) bond motifs is 1. The standard InChI is InChI=1S/C22H14FN3/c1-14-6-8-19-18(10-11-25-22(19)26-14)15-7-9-21(23)20(12-15)17-5-3-2-4-16(17)13-24/h2-12H,1H3. The van der Waals surface area contributed by atoms with E-state index in [2.05, 4.69) is 16.0 Å². The Morgan fingerprint density at radius 3 is 2.62 bits per heavy atom. The quantitative estimate of drug-likeness (QED) is 0.499. The van der Waals surface area contributed by atoms with Crippen molar-refractivity contribution in [1.29, 1.82) is 5.26 Å². The molecule has 0 saturated heterocycles. The van der Waals surface area contributed by atoms with Crippen LogP contribution in [0.25, 0.3) is 33.3 Å². The van der Waals surface area contributed by atoms with Crippen LogP contribution in [0.3, 0.4) is 0 Å². The summed E-state index contributed by atoms with van der Waals surface area (Å²) < 4.78 is 14.5. The second-order valence-corrected chi connectivity index (χ2v) is 6.03. The Hall–Kier alpha value is -3.58. The molecule has 0 aliphatic carbocycles. The van der Waals surface area contributed by atoms with Gasteiger partial charge in [-0.15, -0.1) is 0 Å². The molecule has 0 radical (unpaired) electrons. The number of hydrogen-bond donors (Lipinski definition) is 0. The Kier molecular flexibility index (Phi) is 3.91. The van der Waals surface area contributed by atoms with Crippen molar-refractivity contribution in [2.45, 2.75) is 6.92 Å². The van der Waals surface area contributed by atoms with E-state index >= 15 is 0 Å². The topological polar surface area (TPSA) is 49.6 Å². The number of rotatable bonds is 2. The molecule has 2 aromatic carbocycles. The largest absolute Gasteiger partial charge is 0.237 e. The van der Waals surface area contributed by atoms with E-state index in [1.165, 1.54) is 6.07 Å². The molecule has 4 aromatic rings. The molecule has 0 spiro atoms. The van der Waals surface area contributed by atoms with Crippen molar-refractivity contribution in [3.05, 3.63) is 83.9 Å². The fourth-order valence-electron chi connectivity index (χ4n) is 3.09. The lowest BCUT2D eigenvalue weighted by atomic mass is 9.95. The smallest absolute Gasteiger partial charge is 0.159 e. The molecule has 0 aliphatic heterocycles. The average molecular weight is 339 g/mol. The van der Waals surface area contributed by atoms with Gasteiger partial charge in [0.1, 0.15) is 5.82 Å². The first-order valence-corrected chi connectivity index (χ1v) is 8.19. The van der Waals surface area contributed by atoms with Crippen LogP contribution in [-0.2, 0) is 0 Å². The summed E-state index contributed by atoms with van der Waals surface area (Å²) in [5.41, 5.74) is 4.77. The van der Waals surface area contributed by atoms with Crippen molar-refractivity contribution in [2.75, 3.05) is 0 Å². The molecule has 0 fully saturated rings. The van der Waals surface area contributed by atoms with Crippen molar-refractivity contribution in [1.82, 2.24) is 9.97 Å². The van der Waals surface area contributed by atoms with Crippen LogP contribution in [-0.4, -0.2) is 9.97 Å². The van der Waals surface area contributed by atoms with Crippen LogP contribution < -0.4 is 0 Å². The van der Waals surface area contributed by atoms with Crippen LogP contribution in [0.4, 0.5) is 4.39 Å². The van der Waals surface area contributed by atoms with E-state index in [0.29, 0.717) is 22.3 Å². The van der Waals surface area contributed by atoms with Crippen molar-refractivity contribution in [3.63, 3.8) is 0 Å². The number of aromatic nitrogens is 2. The van der Waals surface area contributed by atoms with Crippen LogP contribution in [0.2, 0.25) is 0 Å². The molecular formula is C22H14FN3. The maximum Gasteiger partial charge on any atom is 0.159 e. The van der Waals surface area contributed by atoms with Crippen LogP contribution >= 0.6 is 0 Å². The van der Waals surface area contributed by atoms with Gasteiger partial charge in [-0.05, 0) is 54.4 Å². The van der Waals surface area contributed by atoms with E-state index in [1.54, 1.807) is 42.6 Å². The van der Waals surface area contributed by atoms with E-state index in [9.17, 15) is 9.65 Å². The van der Waals surface area contributed by atoms with Crippen LogP contribution in [0.1, 0.15) is 11.3 Å². The molecule has 4 rings (SSSR count). The third kappa shape index (κ3) is 2.70. The molecule has 0 N–H and O–H groups in total. The lowest BCUT2D eigenvalue weighted by Gasteiger charge is -2.11. The van der Waals surface area contributed by atoms with Gasteiger partial charge in [0.25, 0.3) is 0 Å². The van der Waals surface area contributed by atoms with E-state index < -0.39 is 0 Å². The molecule has 3 nitrogen and oxygen atoms in total. The van der Waals surface area contributed by atoms with Gasteiger partial charge in [0.2, 0.25) is 0 Å². The van der Waals surface area contributed by atoms with Gasteiger partial charge in [0.05, 0.1) is 11.6 Å². The Morgan fingerprint density at radius 1 is 0.923 bits per heavy atom. The number of pyridine rings is 2. The normalized spacial score (nSPS) is 10.7. The first-order valence-electron chi connectivity index (χ1n) is 8.19. The molecule has 124 valence electrons. The Balaban J connectivity index is 1.95. The Bertz CT molecular complexity index is 1180. The van der Waals surface area contributed by atoms with Crippen molar-refractivity contribution in [2.24, 2.45) is 0 Å². The first-order chi connectivity index (χ1) is 12.7. The highest BCUT2D eigenvalue weighted by Gasteiger charge is 2.13. The number of nitriles is 1. The highest BCUT2D eigenvalue weighted by Crippen LogP contribution is 2.33. The molecule has 0 aliphatic rings. The average Bonchev–Trinajstić information content (AvgIpc) is 2.67. The second kappa shape index (κ2) is 6.38.